The van der Waals surface area contributed by atoms with Crippen molar-refractivity contribution in [3.63, 3.8) is 0 Å². The van der Waals surface area contributed by atoms with Crippen LogP contribution in [-0.2, 0) is 14.3 Å². The van der Waals surface area contributed by atoms with Crippen molar-refractivity contribution in [2.75, 3.05) is 37.7 Å². The maximum Gasteiger partial charge on any atom is 0.309 e. The predicted octanol–water partition coefficient (Wildman–Crippen LogP) is 2.86. The lowest BCUT2D eigenvalue weighted by Crippen LogP contribution is -2.45. The number of benzene rings is 1. The molecule has 0 aliphatic carbocycles. The van der Waals surface area contributed by atoms with Crippen LogP contribution >= 0.6 is 0 Å². The van der Waals surface area contributed by atoms with Crippen molar-refractivity contribution in [1.29, 1.82) is 0 Å². The highest BCUT2D eigenvalue weighted by Gasteiger charge is 2.30. The number of hydrogen-bond acceptors (Lipinski definition) is 6. The molecule has 2 aliphatic heterocycles. The van der Waals surface area contributed by atoms with Crippen molar-refractivity contribution in [2.24, 2.45) is 17.8 Å². The summed E-state index contributed by atoms with van der Waals surface area (Å²) in [6.45, 7) is 6.58. The van der Waals surface area contributed by atoms with E-state index in [1.54, 1.807) is 23.1 Å². The Bertz CT molecular complexity index is 750. The van der Waals surface area contributed by atoms with Crippen molar-refractivity contribution < 1.29 is 19.2 Å². The summed E-state index contributed by atoms with van der Waals surface area (Å²) >= 11 is 0. The third kappa shape index (κ3) is 5.25. The summed E-state index contributed by atoms with van der Waals surface area (Å²) in [4.78, 5) is 39.4. The number of rotatable bonds is 5. The van der Waals surface area contributed by atoms with Crippen LogP contribution in [-0.4, -0.2) is 54.5 Å². The van der Waals surface area contributed by atoms with E-state index in [1.807, 2.05) is 4.90 Å². The molecule has 2 atom stereocenters. The molecule has 2 aliphatic rings. The van der Waals surface area contributed by atoms with Crippen LogP contribution in [0.3, 0.4) is 0 Å². The number of ether oxygens (including phenoxy) is 1. The second-order valence-corrected chi connectivity index (χ2v) is 8.36. The van der Waals surface area contributed by atoms with Gasteiger partial charge in [-0.2, -0.15) is 0 Å². The summed E-state index contributed by atoms with van der Waals surface area (Å²) in [6, 6.07) is 6.64. The molecule has 8 nitrogen and oxygen atoms in total. The molecular weight excluding hydrogens is 374 g/mol. The van der Waals surface area contributed by atoms with Crippen LogP contribution in [0.5, 0.6) is 0 Å². The van der Waals surface area contributed by atoms with Gasteiger partial charge in [0.2, 0.25) is 0 Å². The highest BCUT2D eigenvalue weighted by Crippen LogP contribution is 2.31. The van der Waals surface area contributed by atoms with E-state index in [0.717, 1.165) is 19.5 Å². The summed E-state index contributed by atoms with van der Waals surface area (Å²) in [7, 11) is 0. The van der Waals surface area contributed by atoms with Crippen LogP contribution in [0.4, 0.5) is 11.4 Å². The monoisotopic (exact) mass is 403 g/mol. The highest BCUT2D eigenvalue weighted by atomic mass is 16.6. The Kier molecular flexibility index (Phi) is 6.71. The fourth-order valence-corrected chi connectivity index (χ4v) is 4.45. The molecule has 0 radical (unpaired) electrons. The lowest BCUT2D eigenvalue weighted by molar-refractivity contribution is -0.384. The zero-order valence-electron chi connectivity index (χ0n) is 17.1. The number of piperidine rings is 2. The minimum atomic E-state index is -0.385. The molecule has 0 N–H and O–H groups in total. The molecule has 1 aromatic carbocycles. The first-order chi connectivity index (χ1) is 13.8. The average molecular weight is 403 g/mol. The molecule has 1 aromatic rings. The van der Waals surface area contributed by atoms with Crippen molar-refractivity contribution in [3.05, 3.63) is 34.4 Å². The lowest BCUT2D eigenvalue weighted by Gasteiger charge is -2.35. The van der Waals surface area contributed by atoms with Crippen LogP contribution in [0.2, 0.25) is 0 Å². The van der Waals surface area contributed by atoms with Gasteiger partial charge in [0.15, 0.2) is 6.61 Å². The number of para-hydroxylation sites is 2. The topological polar surface area (TPSA) is 93.0 Å². The number of esters is 1. The van der Waals surface area contributed by atoms with Gasteiger partial charge in [-0.05, 0) is 37.2 Å². The molecule has 158 valence electrons. The third-order valence-electron chi connectivity index (χ3n) is 5.81. The number of likely N-dealkylation sites (tertiary alicyclic amines) is 1. The molecule has 0 unspecified atom stereocenters. The van der Waals surface area contributed by atoms with E-state index in [9.17, 15) is 19.7 Å². The summed E-state index contributed by atoms with van der Waals surface area (Å²) in [5.41, 5.74) is 0.650. The van der Waals surface area contributed by atoms with Crippen LogP contribution < -0.4 is 4.90 Å². The number of nitro groups is 1. The van der Waals surface area contributed by atoms with Gasteiger partial charge >= 0.3 is 5.97 Å². The van der Waals surface area contributed by atoms with Crippen molar-refractivity contribution >= 4 is 23.3 Å². The van der Waals surface area contributed by atoms with Crippen molar-refractivity contribution in [2.45, 2.75) is 33.1 Å². The zero-order chi connectivity index (χ0) is 21.0. The number of carbonyl (C=O) groups is 2. The highest BCUT2D eigenvalue weighted by molar-refractivity contribution is 5.81. The molecule has 1 amide bonds. The lowest BCUT2D eigenvalue weighted by atomic mass is 9.92. The summed E-state index contributed by atoms with van der Waals surface area (Å²) in [5, 5.41) is 11.2. The van der Waals surface area contributed by atoms with E-state index in [0.29, 0.717) is 43.5 Å². The number of nitro benzene ring substituents is 1. The van der Waals surface area contributed by atoms with E-state index < -0.39 is 0 Å². The molecule has 0 aromatic heterocycles. The van der Waals surface area contributed by atoms with Crippen LogP contribution in [0.25, 0.3) is 0 Å². The number of nitrogens with zero attached hydrogens (tertiary/aromatic N) is 3. The van der Waals surface area contributed by atoms with Gasteiger partial charge in [0.1, 0.15) is 5.69 Å². The molecule has 2 saturated heterocycles. The van der Waals surface area contributed by atoms with E-state index >= 15 is 0 Å². The van der Waals surface area contributed by atoms with Gasteiger partial charge in [0.25, 0.3) is 11.6 Å². The Hall–Kier alpha value is -2.64. The zero-order valence-corrected chi connectivity index (χ0v) is 17.1. The number of carbonyl (C=O) groups excluding carboxylic acids is 2. The molecule has 2 fully saturated rings. The van der Waals surface area contributed by atoms with Gasteiger partial charge in [0.05, 0.1) is 10.8 Å². The standard InChI is InChI=1S/C21H29N3O5/c1-15-11-16(2)13-23(12-15)20(25)14-29-21(26)17-7-9-22(10-8-17)18-5-3-4-6-19(18)24(27)28/h3-6,15-17H,7-14H2,1-2H3/t15-,16-/m1/s1. The maximum atomic E-state index is 12.4. The fourth-order valence-electron chi connectivity index (χ4n) is 4.45. The van der Waals surface area contributed by atoms with Gasteiger partial charge < -0.3 is 14.5 Å². The Morgan fingerprint density at radius 1 is 1.14 bits per heavy atom. The third-order valence-corrected chi connectivity index (χ3v) is 5.81. The summed E-state index contributed by atoms with van der Waals surface area (Å²) in [6.07, 6.45) is 2.22. The molecule has 29 heavy (non-hydrogen) atoms. The first-order valence-electron chi connectivity index (χ1n) is 10.3. The molecule has 0 bridgehead atoms. The largest absolute Gasteiger partial charge is 0.455 e. The normalized spacial score (nSPS) is 23.0. The Morgan fingerprint density at radius 2 is 1.76 bits per heavy atom. The van der Waals surface area contributed by atoms with Crippen LogP contribution in [0, 0.1) is 27.9 Å². The quantitative estimate of drug-likeness (QED) is 0.426. The molecule has 0 spiro atoms. The Balaban J connectivity index is 1.48. The van der Waals surface area contributed by atoms with E-state index in [4.69, 9.17) is 4.74 Å². The average Bonchev–Trinajstić information content (AvgIpc) is 2.71. The molecule has 8 heteroatoms. The van der Waals surface area contributed by atoms with E-state index in [-0.39, 0.29) is 35.0 Å². The van der Waals surface area contributed by atoms with Crippen molar-refractivity contribution in [1.82, 2.24) is 4.90 Å². The molecular formula is C21H29N3O5. The Labute approximate surface area is 171 Å². The summed E-state index contributed by atoms with van der Waals surface area (Å²) in [5.74, 6) is 0.170. The molecule has 2 heterocycles. The van der Waals surface area contributed by atoms with Gasteiger partial charge in [-0.15, -0.1) is 0 Å². The Morgan fingerprint density at radius 3 is 2.38 bits per heavy atom. The first-order valence-corrected chi connectivity index (χ1v) is 10.3. The minimum Gasteiger partial charge on any atom is -0.455 e. The number of amides is 1. The van der Waals surface area contributed by atoms with Gasteiger partial charge in [-0.1, -0.05) is 26.0 Å². The SMILES string of the molecule is C[C@@H]1C[C@@H](C)CN(C(=O)COC(=O)C2CCN(c3ccccc3[N+](=O)[O-])CC2)C1. The number of anilines is 1. The fraction of sp³-hybridized carbons (Fsp3) is 0.619. The van der Waals surface area contributed by atoms with Crippen molar-refractivity contribution in [3.8, 4) is 0 Å². The second-order valence-electron chi connectivity index (χ2n) is 8.36. The van der Waals surface area contributed by atoms with Gasteiger partial charge in [0, 0.05) is 32.2 Å². The van der Waals surface area contributed by atoms with Gasteiger partial charge in [-0.25, -0.2) is 0 Å². The smallest absolute Gasteiger partial charge is 0.309 e. The van der Waals surface area contributed by atoms with E-state index in [1.165, 1.54) is 6.07 Å². The molecule has 3 rings (SSSR count). The first kappa shape index (κ1) is 21.1. The summed E-state index contributed by atoms with van der Waals surface area (Å²) < 4.78 is 5.31. The molecule has 0 saturated carbocycles. The second kappa shape index (κ2) is 9.24. The van der Waals surface area contributed by atoms with Crippen LogP contribution in [0.15, 0.2) is 24.3 Å². The number of hydrogen-bond donors (Lipinski definition) is 0. The van der Waals surface area contributed by atoms with E-state index in [2.05, 4.69) is 13.8 Å². The predicted molar refractivity (Wildman–Crippen MR) is 109 cm³/mol. The minimum absolute atomic E-state index is 0.0733. The maximum absolute atomic E-state index is 12.4. The van der Waals surface area contributed by atoms with Gasteiger partial charge in [-0.3, -0.25) is 19.7 Å². The van der Waals surface area contributed by atoms with Crippen LogP contribution in [0.1, 0.15) is 33.1 Å².